The molecule has 1 aliphatic carbocycles. The molecule has 6 heteroatoms. The van der Waals surface area contributed by atoms with Crippen LogP contribution in [-0.2, 0) is 4.74 Å². The smallest absolute Gasteiger partial charge is 0.186 e. The third kappa shape index (κ3) is 2.48. The molecule has 0 radical (unpaired) electrons. The Labute approximate surface area is 138 Å². The Morgan fingerprint density at radius 2 is 2.35 bits per heavy atom. The summed E-state index contributed by atoms with van der Waals surface area (Å²) in [7, 11) is 0. The maximum Gasteiger partial charge on any atom is 0.186 e. The molecule has 1 aromatic carbocycles. The quantitative estimate of drug-likeness (QED) is 0.857. The first-order valence-corrected chi connectivity index (χ1v) is 8.89. The number of hydrogen-bond acceptors (Lipinski definition) is 5. The molecule has 1 aromatic heterocycles. The molecule has 1 aliphatic heterocycles. The van der Waals surface area contributed by atoms with E-state index in [1.165, 1.54) is 17.4 Å². The predicted molar refractivity (Wildman–Crippen MR) is 88.2 cm³/mol. The molecule has 0 N–H and O–H groups in total. The molecule has 2 heterocycles. The summed E-state index contributed by atoms with van der Waals surface area (Å²) in [4.78, 5) is 6.79. The molecule has 0 spiro atoms. The number of thiazole rings is 1. The van der Waals surface area contributed by atoms with Crippen LogP contribution in [-0.4, -0.2) is 30.3 Å². The number of aromatic nitrogens is 1. The number of benzene rings is 1. The summed E-state index contributed by atoms with van der Waals surface area (Å²) in [5, 5.41) is 9.84. The van der Waals surface area contributed by atoms with Crippen molar-refractivity contribution in [2.45, 2.75) is 38.3 Å². The van der Waals surface area contributed by atoms with Crippen LogP contribution in [0.25, 0.3) is 10.2 Å². The standard InChI is InChI=1S/C17H18FN3OS/c1-2-3-22-14-7-12-6-11(14)9-21(12)17-20-16-13(18)4-10(8-19)5-15(16)23-17/h4-5,11-12,14H,2-3,6-7,9H2,1H3/t11-,12-,14+/m0/s1. The number of fused-ring (bicyclic) bond motifs is 3. The zero-order valence-electron chi connectivity index (χ0n) is 13.0. The maximum atomic E-state index is 14.1. The second-order valence-electron chi connectivity index (χ2n) is 6.36. The number of nitrogens with zero attached hydrogens (tertiary/aromatic N) is 3. The van der Waals surface area contributed by atoms with Crippen molar-refractivity contribution in [1.29, 1.82) is 5.26 Å². The molecule has 120 valence electrons. The third-order valence-electron chi connectivity index (χ3n) is 4.82. The fourth-order valence-corrected chi connectivity index (χ4v) is 4.88. The zero-order chi connectivity index (χ0) is 16.0. The van der Waals surface area contributed by atoms with Gasteiger partial charge < -0.3 is 9.64 Å². The maximum absolute atomic E-state index is 14.1. The lowest BCUT2D eigenvalue weighted by molar-refractivity contribution is 0.0248. The Morgan fingerprint density at radius 3 is 3.04 bits per heavy atom. The highest BCUT2D eigenvalue weighted by molar-refractivity contribution is 7.22. The molecule has 1 saturated carbocycles. The van der Waals surface area contributed by atoms with E-state index in [-0.39, 0.29) is 0 Å². The van der Waals surface area contributed by atoms with Crippen LogP contribution >= 0.6 is 11.3 Å². The lowest BCUT2D eigenvalue weighted by Crippen LogP contribution is -2.38. The number of halogens is 1. The Bertz CT molecular complexity index is 784. The SMILES string of the molecule is CCCO[C@@H]1C[C@@H]2C[C@H]1CN2c1nc2c(F)cc(C#N)cc2s1. The van der Waals surface area contributed by atoms with Gasteiger partial charge in [-0.15, -0.1) is 0 Å². The van der Waals surface area contributed by atoms with E-state index in [1.807, 2.05) is 6.07 Å². The Kier molecular flexibility index (Phi) is 3.70. The van der Waals surface area contributed by atoms with Gasteiger partial charge in [0, 0.05) is 25.1 Å². The van der Waals surface area contributed by atoms with E-state index in [9.17, 15) is 4.39 Å². The fraction of sp³-hybridized carbons (Fsp3) is 0.529. The molecule has 1 saturated heterocycles. The van der Waals surface area contributed by atoms with Gasteiger partial charge in [-0.25, -0.2) is 9.37 Å². The average Bonchev–Trinajstić information content (AvgIpc) is 3.25. The number of rotatable bonds is 4. The summed E-state index contributed by atoms with van der Waals surface area (Å²) in [6.45, 7) is 3.90. The van der Waals surface area contributed by atoms with Gasteiger partial charge in [0.1, 0.15) is 5.52 Å². The van der Waals surface area contributed by atoms with Gasteiger partial charge in [-0.2, -0.15) is 5.26 Å². The fourth-order valence-electron chi connectivity index (χ4n) is 3.78. The highest BCUT2D eigenvalue weighted by Crippen LogP contribution is 2.44. The first-order chi connectivity index (χ1) is 11.2. The first-order valence-electron chi connectivity index (χ1n) is 8.08. The van der Waals surface area contributed by atoms with Crippen molar-refractivity contribution in [1.82, 2.24) is 4.98 Å². The number of anilines is 1. The molecule has 4 rings (SSSR count). The molecule has 2 aromatic rings. The van der Waals surface area contributed by atoms with E-state index in [2.05, 4.69) is 16.8 Å². The average molecular weight is 331 g/mol. The van der Waals surface area contributed by atoms with Gasteiger partial charge in [0.05, 0.1) is 22.4 Å². The van der Waals surface area contributed by atoms with Crippen LogP contribution in [0.3, 0.4) is 0 Å². The minimum absolute atomic E-state index is 0.348. The van der Waals surface area contributed by atoms with Gasteiger partial charge in [-0.1, -0.05) is 18.3 Å². The van der Waals surface area contributed by atoms with Crippen molar-refractivity contribution in [3.8, 4) is 6.07 Å². The van der Waals surface area contributed by atoms with Crippen LogP contribution in [0.15, 0.2) is 12.1 Å². The lowest BCUT2D eigenvalue weighted by Gasteiger charge is -2.31. The van der Waals surface area contributed by atoms with Crippen molar-refractivity contribution in [2.24, 2.45) is 5.92 Å². The van der Waals surface area contributed by atoms with Crippen LogP contribution in [0, 0.1) is 23.1 Å². The van der Waals surface area contributed by atoms with Crippen molar-refractivity contribution in [2.75, 3.05) is 18.1 Å². The molecule has 4 nitrogen and oxygen atoms in total. The highest BCUT2D eigenvalue weighted by atomic mass is 32.1. The van der Waals surface area contributed by atoms with E-state index >= 15 is 0 Å². The van der Waals surface area contributed by atoms with Crippen LogP contribution in [0.2, 0.25) is 0 Å². The van der Waals surface area contributed by atoms with E-state index in [0.717, 1.165) is 42.2 Å². The van der Waals surface area contributed by atoms with E-state index < -0.39 is 5.82 Å². The topological polar surface area (TPSA) is 49.1 Å². The first kappa shape index (κ1) is 14.9. The van der Waals surface area contributed by atoms with Gasteiger partial charge in [0.25, 0.3) is 0 Å². The summed E-state index contributed by atoms with van der Waals surface area (Å²) in [5.74, 6) is 0.146. The minimum Gasteiger partial charge on any atom is -0.378 e. The molecular weight excluding hydrogens is 313 g/mol. The number of ether oxygens (including phenoxy) is 1. The van der Waals surface area contributed by atoms with Crippen molar-refractivity contribution < 1.29 is 9.13 Å². The summed E-state index contributed by atoms with van der Waals surface area (Å²) in [6.07, 6.45) is 3.59. The third-order valence-corrected chi connectivity index (χ3v) is 5.86. The molecule has 2 aliphatic rings. The minimum atomic E-state index is -0.407. The summed E-state index contributed by atoms with van der Waals surface area (Å²) in [5.41, 5.74) is 0.728. The number of hydrogen-bond donors (Lipinski definition) is 0. The van der Waals surface area contributed by atoms with E-state index in [4.69, 9.17) is 10.00 Å². The second kappa shape index (κ2) is 5.73. The Hall–Kier alpha value is -1.71. The lowest BCUT2D eigenvalue weighted by atomic mass is 10.1. The summed E-state index contributed by atoms with van der Waals surface area (Å²) < 4.78 is 20.8. The van der Waals surface area contributed by atoms with Crippen molar-refractivity contribution >= 4 is 26.7 Å². The number of piperidine rings is 1. The van der Waals surface area contributed by atoms with Gasteiger partial charge in [-0.05, 0) is 31.4 Å². The number of nitriles is 1. The van der Waals surface area contributed by atoms with Crippen LogP contribution in [0.5, 0.6) is 0 Å². The molecule has 23 heavy (non-hydrogen) atoms. The van der Waals surface area contributed by atoms with Crippen molar-refractivity contribution in [3.63, 3.8) is 0 Å². The van der Waals surface area contributed by atoms with Crippen LogP contribution < -0.4 is 4.90 Å². The monoisotopic (exact) mass is 331 g/mol. The van der Waals surface area contributed by atoms with Gasteiger partial charge >= 0.3 is 0 Å². The molecule has 3 atom stereocenters. The van der Waals surface area contributed by atoms with Gasteiger partial charge in [0.15, 0.2) is 10.9 Å². The van der Waals surface area contributed by atoms with E-state index in [0.29, 0.717) is 29.1 Å². The summed E-state index contributed by atoms with van der Waals surface area (Å²) in [6, 6.07) is 5.43. The molecule has 2 bridgehead atoms. The van der Waals surface area contributed by atoms with Crippen LogP contribution in [0.4, 0.5) is 9.52 Å². The molecule has 0 unspecified atom stereocenters. The molecule has 0 amide bonds. The van der Waals surface area contributed by atoms with Gasteiger partial charge in [0.2, 0.25) is 0 Å². The van der Waals surface area contributed by atoms with Crippen molar-refractivity contribution in [3.05, 3.63) is 23.5 Å². The normalized spacial score (nSPS) is 26.1. The van der Waals surface area contributed by atoms with E-state index in [1.54, 1.807) is 6.07 Å². The second-order valence-corrected chi connectivity index (χ2v) is 7.37. The predicted octanol–water partition coefficient (Wildman–Crippen LogP) is 3.70. The molecular formula is C17H18FN3OS. The highest BCUT2D eigenvalue weighted by Gasteiger charge is 2.46. The zero-order valence-corrected chi connectivity index (χ0v) is 13.8. The van der Waals surface area contributed by atoms with Crippen LogP contribution in [0.1, 0.15) is 31.7 Å². The Balaban J connectivity index is 1.58. The Morgan fingerprint density at radius 1 is 1.48 bits per heavy atom. The largest absolute Gasteiger partial charge is 0.378 e. The van der Waals surface area contributed by atoms with Gasteiger partial charge in [-0.3, -0.25) is 0 Å². The summed E-state index contributed by atoms with van der Waals surface area (Å²) >= 11 is 1.48. The molecule has 2 fully saturated rings.